The summed E-state index contributed by atoms with van der Waals surface area (Å²) in [6, 6.07) is 2.60. The van der Waals surface area contributed by atoms with E-state index in [0.29, 0.717) is 12.5 Å². The molecule has 1 aliphatic heterocycles. The number of aliphatic hydroxyl groups excluding tert-OH is 1. The average molecular weight is 279 g/mol. The lowest BCUT2D eigenvalue weighted by molar-refractivity contribution is -0.0123. The molecule has 3 nitrogen and oxygen atoms in total. The summed E-state index contributed by atoms with van der Waals surface area (Å²) in [5.74, 6) is 6.16. The predicted octanol–water partition coefficient (Wildman–Crippen LogP) is 2.09. The van der Waals surface area contributed by atoms with Gasteiger partial charge in [-0.1, -0.05) is 18.8 Å². The summed E-state index contributed by atoms with van der Waals surface area (Å²) in [5.41, 5.74) is 1.11. The highest BCUT2D eigenvalue weighted by Crippen LogP contribution is 2.21. The maximum Gasteiger partial charge on any atom is 0.0622 e. The highest BCUT2D eigenvalue weighted by Gasteiger charge is 2.22. The van der Waals surface area contributed by atoms with E-state index in [1.54, 1.807) is 11.3 Å². The molecule has 1 atom stereocenters. The molecule has 1 aliphatic rings. The van der Waals surface area contributed by atoms with Gasteiger partial charge in [-0.15, -0.1) is 11.3 Å². The van der Waals surface area contributed by atoms with Crippen LogP contribution in [-0.4, -0.2) is 42.4 Å². The summed E-state index contributed by atoms with van der Waals surface area (Å²) in [6.07, 6.45) is 1.67. The van der Waals surface area contributed by atoms with Crippen LogP contribution in [0, 0.1) is 11.8 Å². The number of thiophene rings is 1. The summed E-state index contributed by atoms with van der Waals surface area (Å²) < 4.78 is 5.54. The van der Waals surface area contributed by atoms with Crippen LogP contribution >= 0.6 is 11.3 Å². The van der Waals surface area contributed by atoms with Crippen molar-refractivity contribution in [3.63, 3.8) is 0 Å². The van der Waals surface area contributed by atoms with Gasteiger partial charge >= 0.3 is 0 Å². The molecule has 1 fully saturated rings. The minimum Gasteiger partial charge on any atom is -0.395 e. The van der Waals surface area contributed by atoms with Crippen LogP contribution < -0.4 is 0 Å². The number of hydrogen-bond acceptors (Lipinski definition) is 4. The van der Waals surface area contributed by atoms with Crippen LogP contribution in [0.4, 0.5) is 0 Å². The predicted molar refractivity (Wildman–Crippen MR) is 78.2 cm³/mol. The Morgan fingerprint density at radius 3 is 3.26 bits per heavy atom. The zero-order valence-corrected chi connectivity index (χ0v) is 12.2. The maximum absolute atomic E-state index is 8.77. The van der Waals surface area contributed by atoms with E-state index in [4.69, 9.17) is 9.84 Å². The average Bonchev–Trinajstić information content (AvgIpc) is 2.87. The van der Waals surface area contributed by atoms with E-state index in [1.807, 2.05) is 0 Å². The van der Waals surface area contributed by atoms with Crippen molar-refractivity contribution in [2.75, 3.05) is 26.4 Å². The molecule has 0 amide bonds. The fraction of sp³-hybridized carbons (Fsp3) is 0.600. The third kappa shape index (κ3) is 4.05. The Balaban J connectivity index is 2.02. The van der Waals surface area contributed by atoms with E-state index in [2.05, 4.69) is 35.1 Å². The van der Waals surface area contributed by atoms with Gasteiger partial charge in [0.25, 0.3) is 0 Å². The summed E-state index contributed by atoms with van der Waals surface area (Å²) >= 11 is 1.77. The first-order valence-corrected chi connectivity index (χ1v) is 7.71. The second kappa shape index (κ2) is 7.66. The van der Waals surface area contributed by atoms with Gasteiger partial charge in [-0.2, -0.15) is 0 Å². The van der Waals surface area contributed by atoms with Gasteiger partial charge in [0, 0.05) is 36.0 Å². The van der Waals surface area contributed by atoms with E-state index >= 15 is 0 Å². The van der Waals surface area contributed by atoms with Crippen molar-refractivity contribution in [3.05, 3.63) is 21.9 Å². The molecule has 1 aromatic rings. The van der Waals surface area contributed by atoms with E-state index < -0.39 is 0 Å². The smallest absolute Gasteiger partial charge is 0.0622 e. The highest BCUT2D eigenvalue weighted by molar-refractivity contribution is 7.10. The van der Waals surface area contributed by atoms with Crippen molar-refractivity contribution in [2.24, 2.45) is 0 Å². The number of nitrogens with zero attached hydrogens (tertiary/aromatic N) is 1. The van der Waals surface area contributed by atoms with E-state index in [0.717, 1.165) is 38.3 Å². The number of aliphatic hydroxyl groups is 1. The Bertz CT molecular complexity index is 446. The van der Waals surface area contributed by atoms with Gasteiger partial charge in [0.05, 0.1) is 19.8 Å². The van der Waals surface area contributed by atoms with Gasteiger partial charge in [-0.3, -0.25) is 4.90 Å². The van der Waals surface area contributed by atoms with E-state index in [9.17, 15) is 0 Å². The van der Waals surface area contributed by atoms with Gasteiger partial charge < -0.3 is 9.84 Å². The Morgan fingerprint density at radius 1 is 1.58 bits per heavy atom. The van der Waals surface area contributed by atoms with Crippen LogP contribution in [-0.2, 0) is 11.3 Å². The zero-order valence-electron chi connectivity index (χ0n) is 11.4. The van der Waals surface area contributed by atoms with Gasteiger partial charge in [0.2, 0.25) is 0 Å². The van der Waals surface area contributed by atoms with E-state index in [1.165, 1.54) is 4.88 Å². The zero-order chi connectivity index (χ0) is 13.5. The summed E-state index contributed by atoms with van der Waals surface area (Å²) in [7, 11) is 0. The van der Waals surface area contributed by atoms with Crippen LogP contribution in [0.15, 0.2) is 11.4 Å². The molecule has 2 heterocycles. The topological polar surface area (TPSA) is 32.7 Å². The molecule has 1 N–H and O–H groups in total. The Kier molecular flexibility index (Phi) is 5.87. The highest BCUT2D eigenvalue weighted by atomic mass is 32.1. The van der Waals surface area contributed by atoms with Crippen molar-refractivity contribution < 1.29 is 9.84 Å². The second-order valence-electron chi connectivity index (χ2n) is 4.64. The summed E-state index contributed by atoms with van der Waals surface area (Å²) in [4.78, 5) is 3.82. The Hall–Kier alpha value is -0.860. The van der Waals surface area contributed by atoms with Crippen LogP contribution in [0.2, 0.25) is 0 Å². The molecular weight excluding hydrogens is 258 g/mol. The van der Waals surface area contributed by atoms with Gasteiger partial charge in [-0.05, 0) is 17.9 Å². The standard InChI is InChI=1S/C15H21NO2S/c1-2-14-12-18-9-7-16(14)11-15-13(6-10-19-15)5-3-4-8-17/h6,10,14,17H,2,4,7-9,11-12H2,1H3. The Labute approximate surface area is 119 Å². The molecule has 0 aliphatic carbocycles. The van der Waals surface area contributed by atoms with Gasteiger partial charge in [-0.25, -0.2) is 0 Å². The normalized spacial score (nSPS) is 20.0. The van der Waals surface area contributed by atoms with Crippen molar-refractivity contribution in [2.45, 2.75) is 32.4 Å². The van der Waals surface area contributed by atoms with Gasteiger partial charge in [0.1, 0.15) is 0 Å². The molecule has 0 radical (unpaired) electrons. The summed E-state index contributed by atoms with van der Waals surface area (Å²) in [6.45, 7) is 5.97. The first kappa shape index (κ1) is 14.5. The minimum absolute atomic E-state index is 0.133. The molecule has 2 rings (SSSR count). The first-order valence-electron chi connectivity index (χ1n) is 6.83. The van der Waals surface area contributed by atoms with Crippen LogP contribution in [0.3, 0.4) is 0 Å². The lowest BCUT2D eigenvalue weighted by Gasteiger charge is -2.34. The fourth-order valence-corrected chi connectivity index (χ4v) is 3.10. The number of ether oxygens (including phenoxy) is 1. The molecule has 0 aromatic carbocycles. The molecular formula is C15H21NO2S. The quantitative estimate of drug-likeness (QED) is 0.857. The Morgan fingerprint density at radius 2 is 2.47 bits per heavy atom. The van der Waals surface area contributed by atoms with Crippen molar-refractivity contribution in [1.29, 1.82) is 0 Å². The largest absolute Gasteiger partial charge is 0.395 e. The van der Waals surface area contributed by atoms with Gasteiger partial charge in [0.15, 0.2) is 0 Å². The molecule has 0 bridgehead atoms. The van der Waals surface area contributed by atoms with Crippen molar-refractivity contribution >= 4 is 11.3 Å². The molecule has 1 unspecified atom stereocenters. The molecule has 4 heteroatoms. The maximum atomic E-state index is 8.77. The minimum atomic E-state index is 0.133. The third-order valence-electron chi connectivity index (χ3n) is 3.37. The van der Waals surface area contributed by atoms with Crippen LogP contribution in [0.25, 0.3) is 0 Å². The monoisotopic (exact) mass is 279 g/mol. The SMILES string of the molecule is CCC1COCCN1Cc1sccc1C#CCCO. The summed E-state index contributed by atoms with van der Waals surface area (Å²) in [5, 5.41) is 10.9. The number of hydrogen-bond donors (Lipinski definition) is 1. The first-order chi connectivity index (χ1) is 9.35. The molecule has 1 aromatic heterocycles. The van der Waals surface area contributed by atoms with Crippen molar-refractivity contribution in [1.82, 2.24) is 4.90 Å². The van der Waals surface area contributed by atoms with E-state index in [-0.39, 0.29) is 6.61 Å². The molecule has 0 spiro atoms. The second-order valence-corrected chi connectivity index (χ2v) is 5.64. The fourth-order valence-electron chi connectivity index (χ4n) is 2.25. The number of rotatable bonds is 4. The van der Waals surface area contributed by atoms with Crippen LogP contribution in [0.1, 0.15) is 30.2 Å². The third-order valence-corrected chi connectivity index (χ3v) is 4.28. The number of morpholine rings is 1. The lowest BCUT2D eigenvalue weighted by atomic mass is 10.1. The van der Waals surface area contributed by atoms with Crippen LogP contribution in [0.5, 0.6) is 0 Å². The molecule has 19 heavy (non-hydrogen) atoms. The van der Waals surface area contributed by atoms with Crippen molar-refractivity contribution in [3.8, 4) is 11.8 Å². The molecule has 104 valence electrons. The lowest BCUT2D eigenvalue weighted by Crippen LogP contribution is -2.44. The molecule has 0 saturated carbocycles. The molecule has 1 saturated heterocycles.